The second-order valence-corrected chi connectivity index (χ2v) is 7.14. The van der Waals surface area contributed by atoms with Crippen LogP contribution in [0.15, 0.2) is 77.3 Å². The van der Waals surface area contributed by atoms with Gasteiger partial charge >= 0.3 is 0 Å². The monoisotopic (exact) mass is 337 g/mol. The zero-order valence-corrected chi connectivity index (χ0v) is 14.9. The molecule has 0 bridgehead atoms. The minimum atomic E-state index is 0.485. The molecule has 0 amide bonds. The van der Waals surface area contributed by atoms with E-state index in [-0.39, 0.29) is 0 Å². The maximum atomic E-state index is 6.17. The number of aromatic nitrogens is 1. The van der Waals surface area contributed by atoms with Gasteiger partial charge in [-0.25, -0.2) is 0 Å². The summed E-state index contributed by atoms with van der Waals surface area (Å²) in [4.78, 5) is 4.56. The first-order valence-corrected chi connectivity index (χ1v) is 9.00. The number of benzene rings is 3. The quantitative estimate of drug-likeness (QED) is 0.349. The van der Waals surface area contributed by atoms with Gasteiger partial charge < -0.3 is 4.42 Å². The van der Waals surface area contributed by atoms with Gasteiger partial charge in [0, 0.05) is 22.5 Å². The van der Waals surface area contributed by atoms with Crippen molar-refractivity contribution in [1.29, 1.82) is 0 Å². The van der Waals surface area contributed by atoms with E-state index >= 15 is 0 Å². The van der Waals surface area contributed by atoms with Crippen molar-refractivity contribution in [3.63, 3.8) is 0 Å². The summed E-state index contributed by atoms with van der Waals surface area (Å²) in [5, 5.41) is 4.74. The summed E-state index contributed by atoms with van der Waals surface area (Å²) >= 11 is 0. The molecule has 0 aliphatic heterocycles. The Kier molecular flexibility index (Phi) is 3.32. The number of fused-ring (bicyclic) bond motifs is 4. The summed E-state index contributed by atoms with van der Waals surface area (Å²) < 4.78 is 6.17. The van der Waals surface area contributed by atoms with Gasteiger partial charge in [0.2, 0.25) is 0 Å². The van der Waals surface area contributed by atoms with Gasteiger partial charge in [0.1, 0.15) is 11.2 Å². The molecule has 26 heavy (non-hydrogen) atoms. The third-order valence-corrected chi connectivity index (χ3v) is 5.09. The highest BCUT2D eigenvalue weighted by Crippen LogP contribution is 2.34. The van der Waals surface area contributed by atoms with Crippen molar-refractivity contribution in [2.24, 2.45) is 0 Å². The predicted molar refractivity (Wildman–Crippen MR) is 109 cm³/mol. The number of nitrogens with zero attached hydrogens (tertiary/aromatic N) is 1. The summed E-state index contributed by atoms with van der Waals surface area (Å²) in [6.07, 6.45) is 1.89. The number of hydrogen-bond acceptors (Lipinski definition) is 2. The minimum absolute atomic E-state index is 0.485. The van der Waals surface area contributed by atoms with Crippen LogP contribution in [0.25, 0.3) is 44.0 Å². The molecule has 0 radical (unpaired) electrons. The number of furan rings is 1. The zero-order chi connectivity index (χ0) is 17.7. The van der Waals surface area contributed by atoms with E-state index in [9.17, 15) is 0 Å². The molecule has 0 aliphatic carbocycles. The molecule has 126 valence electrons. The van der Waals surface area contributed by atoms with Gasteiger partial charge in [-0.3, -0.25) is 4.98 Å². The van der Waals surface area contributed by atoms with Gasteiger partial charge in [-0.2, -0.15) is 0 Å². The van der Waals surface area contributed by atoms with Gasteiger partial charge in [0.05, 0.1) is 5.69 Å². The Morgan fingerprint density at radius 3 is 2.35 bits per heavy atom. The van der Waals surface area contributed by atoms with Crippen molar-refractivity contribution < 1.29 is 4.42 Å². The standard InChI is InChI=1S/C24H19NO/c1-15(2)16-9-10-25-22(12-16)19-7-8-20-21-11-17-5-3-4-6-18(17)13-24(21)26-23(20)14-19/h3-15H,1-2H3. The third kappa shape index (κ3) is 2.38. The fourth-order valence-corrected chi connectivity index (χ4v) is 3.59. The zero-order valence-electron chi connectivity index (χ0n) is 14.9. The van der Waals surface area contributed by atoms with Crippen LogP contribution >= 0.6 is 0 Å². The average molecular weight is 337 g/mol. The molecule has 0 fully saturated rings. The van der Waals surface area contributed by atoms with Crippen molar-refractivity contribution in [3.05, 3.63) is 78.5 Å². The molecule has 0 saturated carbocycles. The molecular formula is C24H19NO. The lowest BCUT2D eigenvalue weighted by atomic mass is 10.0. The van der Waals surface area contributed by atoms with Crippen LogP contribution in [0, 0.1) is 0 Å². The maximum Gasteiger partial charge on any atom is 0.136 e. The molecule has 0 N–H and O–H groups in total. The first kappa shape index (κ1) is 15.2. The van der Waals surface area contributed by atoms with E-state index in [2.05, 4.69) is 85.6 Å². The predicted octanol–water partition coefficient (Wildman–Crippen LogP) is 6.92. The van der Waals surface area contributed by atoms with Gasteiger partial charge in [-0.15, -0.1) is 0 Å². The Bertz CT molecular complexity index is 1260. The molecule has 0 saturated heterocycles. The van der Waals surface area contributed by atoms with Gasteiger partial charge in [0.25, 0.3) is 0 Å². The van der Waals surface area contributed by atoms with Gasteiger partial charge in [0.15, 0.2) is 0 Å². The van der Waals surface area contributed by atoms with Crippen LogP contribution in [0.5, 0.6) is 0 Å². The lowest BCUT2D eigenvalue weighted by Crippen LogP contribution is -1.90. The summed E-state index contributed by atoms with van der Waals surface area (Å²) in [6.45, 7) is 4.40. The van der Waals surface area contributed by atoms with Crippen molar-refractivity contribution in [2.75, 3.05) is 0 Å². The van der Waals surface area contributed by atoms with E-state index in [0.29, 0.717) is 5.92 Å². The van der Waals surface area contributed by atoms with E-state index in [4.69, 9.17) is 4.42 Å². The van der Waals surface area contributed by atoms with Crippen LogP contribution in [0.4, 0.5) is 0 Å². The Labute approximate surface area is 152 Å². The first-order valence-electron chi connectivity index (χ1n) is 9.00. The van der Waals surface area contributed by atoms with Crippen LogP contribution in [-0.4, -0.2) is 4.98 Å². The summed E-state index contributed by atoms with van der Waals surface area (Å²) in [7, 11) is 0. The molecule has 3 aromatic carbocycles. The highest BCUT2D eigenvalue weighted by molar-refractivity contribution is 6.10. The largest absolute Gasteiger partial charge is 0.456 e. The van der Waals surface area contributed by atoms with Crippen LogP contribution in [0.1, 0.15) is 25.3 Å². The second-order valence-electron chi connectivity index (χ2n) is 7.14. The van der Waals surface area contributed by atoms with E-state index < -0.39 is 0 Å². The SMILES string of the molecule is CC(C)c1ccnc(-c2ccc3c(c2)oc2cc4ccccc4cc23)c1. The lowest BCUT2D eigenvalue weighted by molar-refractivity contribution is 0.669. The van der Waals surface area contributed by atoms with Crippen LogP contribution in [0.3, 0.4) is 0 Å². The Morgan fingerprint density at radius 2 is 1.54 bits per heavy atom. The summed E-state index contributed by atoms with van der Waals surface area (Å²) in [5.41, 5.74) is 5.21. The summed E-state index contributed by atoms with van der Waals surface area (Å²) in [5.74, 6) is 0.485. The smallest absolute Gasteiger partial charge is 0.136 e. The van der Waals surface area contributed by atoms with Crippen molar-refractivity contribution in [2.45, 2.75) is 19.8 Å². The Morgan fingerprint density at radius 1 is 0.769 bits per heavy atom. The van der Waals surface area contributed by atoms with E-state index in [1.807, 2.05) is 6.20 Å². The molecule has 5 aromatic rings. The van der Waals surface area contributed by atoms with Crippen molar-refractivity contribution in [1.82, 2.24) is 4.98 Å². The number of pyridine rings is 1. The molecule has 2 aromatic heterocycles. The molecule has 0 spiro atoms. The molecule has 0 unspecified atom stereocenters. The highest BCUT2D eigenvalue weighted by atomic mass is 16.3. The second kappa shape index (κ2) is 5.70. The molecule has 0 atom stereocenters. The highest BCUT2D eigenvalue weighted by Gasteiger charge is 2.11. The van der Waals surface area contributed by atoms with Crippen molar-refractivity contribution in [3.8, 4) is 11.3 Å². The van der Waals surface area contributed by atoms with Crippen molar-refractivity contribution >= 4 is 32.7 Å². The fourth-order valence-electron chi connectivity index (χ4n) is 3.59. The van der Waals surface area contributed by atoms with Crippen LogP contribution < -0.4 is 0 Å². The van der Waals surface area contributed by atoms with Crippen LogP contribution in [0.2, 0.25) is 0 Å². The molecule has 2 heteroatoms. The average Bonchev–Trinajstić information content (AvgIpc) is 3.02. The van der Waals surface area contributed by atoms with E-state index in [1.54, 1.807) is 0 Å². The Hall–Kier alpha value is -3.13. The normalized spacial score (nSPS) is 11.8. The fraction of sp³-hybridized carbons (Fsp3) is 0.125. The van der Waals surface area contributed by atoms with Crippen LogP contribution in [-0.2, 0) is 0 Å². The third-order valence-electron chi connectivity index (χ3n) is 5.09. The Balaban J connectivity index is 1.71. The molecule has 0 aliphatic rings. The van der Waals surface area contributed by atoms with E-state index in [0.717, 1.165) is 33.2 Å². The minimum Gasteiger partial charge on any atom is -0.456 e. The molecule has 2 heterocycles. The lowest BCUT2D eigenvalue weighted by Gasteiger charge is -2.07. The number of rotatable bonds is 2. The first-order chi connectivity index (χ1) is 12.7. The molecule has 5 rings (SSSR count). The molecule has 2 nitrogen and oxygen atoms in total. The topological polar surface area (TPSA) is 26.0 Å². The van der Waals surface area contributed by atoms with Gasteiger partial charge in [-0.1, -0.05) is 44.2 Å². The van der Waals surface area contributed by atoms with E-state index in [1.165, 1.54) is 16.3 Å². The van der Waals surface area contributed by atoms with Gasteiger partial charge in [-0.05, 0) is 58.7 Å². The maximum absolute atomic E-state index is 6.17. The number of hydrogen-bond donors (Lipinski definition) is 0. The summed E-state index contributed by atoms with van der Waals surface area (Å²) in [6, 6.07) is 23.4. The molecular weight excluding hydrogens is 318 g/mol.